The molecular formula is C13H17BrFN. The number of hydrogen-bond acceptors (Lipinski definition) is 1. The van der Waals surface area contributed by atoms with E-state index >= 15 is 0 Å². The Balaban J connectivity index is 1.88. The van der Waals surface area contributed by atoms with Gasteiger partial charge >= 0.3 is 0 Å². The Labute approximate surface area is 105 Å². The standard InChI is InChI=1S/C13H17BrFN/c14-11-6-4-10(13(15)9-11)5-7-12-3-1-2-8-16-12/h4,6,9,12,16H,1-3,5,7-8H2. The van der Waals surface area contributed by atoms with Crippen molar-refractivity contribution in [3.63, 3.8) is 0 Å². The summed E-state index contributed by atoms with van der Waals surface area (Å²) in [6.07, 6.45) is 5.69. The summed E-state index contributed by atoms with van der Waals surface area (Å²) in [6.45, 7) is 1.12. The summed E-state index contributed by atoms with van der Waals surface area (Å²) in [5.41, 5.74) is 0.829. The highest BCUT2D eigenvalue weighted by Gasteiger charge is 2.13. The van der Waals surface area contributed by atoms with E-state index in [2.05, 4.69) is 21.2 Å². The van der Waals surface area contributed by atoms with E-state index in [1.54, 1.807) is 6.07 Å². The molecule has 1 saturated heterocycles. The Morgan fingerprint density at radius 2 is 2.25 bits per heavy atom. The smallest absolute Gasteiger partial charge is 0.127 e. The van der Waals surface area contributed by atoms with Crippen molar-refractivity contribution >= 4 is 15.9 Å². The van der Waals surface area contributed by atoms with Crippen LogP contribution in [0, 0.1) is 5.82 Å². The zero-order chi connectivity index (χ0) is 11.4. The molecule has 1 aliphatic rings. The van der Waals surface area contributed by atoms with Crippen LogP contribution in [-0.4, -0.2) is 12.6 Å². The second kappa shape index (κ2) is 5.78. The van der Waals surface area contributed by atoms with E-state index in [4.69, 9.17) is 0 Å². The van der Waals surface area contributed by atoms with E-state index in [0.29, 0.717) is 6.04 Å². The van der Waals surface area contributed by atoms with Crippen LogP contribution < -0.4 is 5.32 Å². The molecule has 88 valence electrons. The topological polar surface area (TPSA) is 12.0 Å². The van der Waals surface area contributed by atoms with Crippen molar-refractivity contribution in [3.8, 4) is 0 Å². The summed E-state index contributed by atoms with van der Waals surface area (Å²) in [7, 11) is 0. The van der Waals surface area contributed by atoms with Gasteiger partial charge in [0.05, 0.1) is 0 Å². The van der Waals surface area contributed by atoms with Crippen LogP contribution >= 0.6 is 15.9 Å². The van der Waals surface area contributed by atoms with Gasteiger partial charge in [0.25, 0.3) is 0 Å². The number of hydrogen-bond donors (Lipinski definition) is 1. The van der Waals surface area contributed by atoms with Gasteiger partial charge in [-0.15, -0.1) is 0 Å². The molecule has 0 aromatic heterocycles. The molecule has 1 aromatic rings. The zero-order valence-corrected chi connectivity index (χ0v) is 10.9. The number of rotatable bonds is 3. The Morgan fingerprint density at radius 1 is 1.38 bits per heavy atom. The molecule has 1 heterocycles. The van der Waals surface area contributed by atoms with Crippen molar-refractivity contribution in [2.75, 3.05) is 6.54 Å². The third-order valence-electron chi connectivity index (χ3n) is 3.19. The molecule has 2 rings (SSSR count). The number of halogens is 2. The average Bonchev–Trinajstić information content (AvgIpc) is 2.29. The Hall–Kier alpha value is -0.410. The highest BCUT2D eigenvalue weighted by Crippen LogP contribution is 2.18. The van der Waals surface area contributed by atoms with Crippen molar-refractivity contribution in [1.82, 2.24) is 5.32 Å². The number of aryl methyl sites for hydroxylation is 1. The van der Waals surface area contributed by atoms with Crippen molar-refractivity contribution in [2.24, 2.45) is 0 Å². The van der Waals surface area contributed by atoms with Gasteiger partial charge in [0.15, 0.2) is 0 Å². The van der Waals surface area contributed by atoms with E-state index in [0.717, 1.165) is 29.4 Å². The van der Waals surface area contributed by atoms with Gasteiger partial charge in [-0.1, -0.05) is 28.4 Å². The first-order valence-corrected chi connectivity index (χ1v) is 6.72. The Morgan fingerprint density at radius 3 is 2.94 bits per heavy atom. The van der Waals surface area contributed by atoms with E-state index in [1.165, 1.54) is 19.3 Å². The molecule has 3 heteroatoms. The van der Waals surface area contributed by atoms with Gasteiger partial charge in [-0.3, -0.25) is 0 Å². The van der Waals surface area contributed by atoms with Crippen LogP contribution in [0.2, 0.25) is 0 Å². The van der Waals surface area contributed by atoms with Crippen LogP contribution in [0.5, 0.6) is 0 Å². The van der Waals surface area contributed by atoms with Gasteiger partial charge in [-0.25, -0.2) is 4.39 Å². The maximum absolute atomic E-state index is 13.6. The normalized spacial score (nSPS) is 21.0. The number of benzene rings is 1. The first-order valence-electron chi connectivity index (χ1n) is 5.93. The molecule has 1 nitrogen and oxygen atoms in total. The molecule has 1 atom stereocenters. The van der Waals surface area contributed by atoms with Gasteiger partial charge in [0.1, 0.15) is 5.82 Å². The summed E-state index contributed by atoms with van der Waals surface area (Å²) in [4.78, 5) is 0. The minimum Gasteiger partial charge on any atom is -0.314 e. The quantitative estimate of drug-likeness (QED) is 0.894. The third-order valence-corrected chi connectivity index (χ3v) is 3.68. The Kier molecular flexibility index (Phi) is 4.36. The number of nitrogens with one attached hydrogen (secondary N) is 1. The molecule has 1 aromatic carbocycles. The minimum absolute atomic E-state index is 0.0924. The predicted octanol–water partition coefficient (Wildman–Crippen LogP) is 3.66. The van der Waals surface area contributed by atoms with E-state index < -0.39 is 0 Å². The maximum Gasteiger partial charge on any atom is 0.127 e. The van der Waals surface area contributed by atoms with E-state index in [1.807, 2.05) is 12.1 Å². The summed E-state index contributed by atoms with van der Waals surface area (Å²) >= 11 is 3.27. The highest BCUT2D eigenvalue weighted by molar-refractivity contribution is 9.10. The van der Waals surface area contributed by atoms with Gasteiger partial charge in [0.2, 0.25) is 0 Å². The molecule has 1 unspecified atom stereocenters. The van der Waals surface area contributed by atoms with Crippen LogP contribution in [0.1, 0.15) is 31.2 Å². The lowest BCUT2D eigenvalue weighted by Gasteiger charge is -2.23. The summed E-state index contributed by atoms with van der Waals surface area (Å²) in [6, 6.07) is 5.91. The molecule has 1 N–H and O–H groups in total. The molecule has 16 heavy (non-hydrogen) atoms. The molecular weight excluding hydrogens is 269 g/mol. The van der Waals surface area contributed by atoms with Crippen LogP contribution in [0.3, 0.4) is 0 Å². The molecule has 0 aliphatic carbocycles. The molecule has 1 aliphatic heterocycles. The van der Waals surface area contributed by atoms with Crippen LogP contribution in [0.15, 0.2) is 22.7 Å². The van der Waals surface area contributed by atoms with Gasteiger partial charge in [-0.05, 0) is 49.9 Å². The van der Waals surface area contributed by atoms with Gasteiger partial charge in [-0.2, -0.15) is 0 Å². The van der Waals surface area contributed by atoms with Crippen LogP contribution in [-0.2, 0) is 6.42 Å². The summed E-state index contributed by atoms with van der Waals surface area (Å²) in [5.74, 6) is -0.0924. The fraction of sp³-hybridized carbons (Fsp3) is 0.538. The second-order valence-corrected chi connectivity index (χ2v) is 5.34. The molecule has 0 spiro atoms. The predicted molar refractivity (Wildman–Crippen MR) is 68.1 cm³/mol. The lowest BCUT2D eigenvalue weighted by molar-refractivity contribution is 0.381. The zero-order valence-electron chi connectivity index (χ0n) is 9.31. The maximum atomic E-state index is 13.6. The fourth-order valence-corrected chi connectivity index (χ4v) is 2.56. The summed E-state index contributed by atoms with van der Waals surface area (Å²) in [5, 5.41) is 3.49. The summed E-state index contributed by atoms with van der Waals surface area (Å²) < 4.78 is 14.4. The molecule has 0 amide bonds. The van der Waals surface area contributed by atoms with E-state index in [-0.39, 0.29) is 5.82 Å². The van der Waals surface area contributed by atoms with Gasteiger partial charge < -0.3 is 5.32 Å². The first-order chi connectivity index (χ1) is 7.75. The largest absolute Gasteiger partial charge is 0.314 e. The monoisotopic (exact) mass is 285 g/mol. The van der Waals surface area contributed by atoms with Crippen LogP contribution in [0.25, 0.3) is 0 Å². The van der Waals surface area contributed by atoms with Crippen molar-refractivity contribution in [1.29, 1.82) is 0 Å². The molecule has 0 saturated carbocycles. The van der Waals surface area contributed by atoms with Gasteiger partial charge in [0, 0.05) is 10.5 Å². The van der Waals surface area contributed by atoms with Crippen molar-refractivity contribution < 1.29 is 4.39 Å². The molecule has 0 radical (unpaired) electrons. The number of piperidine rings is 1. The van der Waals surface area contributed by atoms with Crippen molar-refractivity contribution in [3.05, 3.63) is 34.1 Å². The third kappa shape index (κ3) is 3.29. The minimum atomic E-state index is -0.0924. The fourth-order valence-electron chi connectivity index (χ4n) is 2.22. The molecule has 0 bridgehead atoms. The molecule has 1 fully saturated rings. The average molecular weight is 286 g/mol. The lowest BCUT2D eigenvalue weighted by Crippen LogP contribution is -2.34. The van der Waals surface area contributed by atoms with E-state index in [9.17, 15) is 4.39 Å². The second-order valence-electron chi connectivity index (χ2n) is 4.42. The highest BCUT2D eigenvalue weighted by atomic mass is 79.9. The lowest BCUT2D eigenvalue weighted by atomic mass is 9.98. The SMILES string of the molecule is Fc1cc(Br)ccc1CCC1CCCCN1. The Bertz CT molecular complexity index is 348. The first kappa shape index (κ1) is 12.1. The van der Waals surface area contributed by atoms with Crippen LogP contribution in [0.4, 0.5) is 4.39 Å². The van der Waals surface area contributed by atoms with Crippen molar-refractivity contribution in [2.45, 2.75) is 38.1 Å².